The highest BCUT2D eigenvalue weighted by atomic mass is 79.9. The van der Waals surface area contributed by atoms with Gasteiger partial charge < -0.3 is 24.3 Å². The van der Waals surface area contributed by atoms with Gasteiger partial charge in [-0.15, -0.1) is 0 Å². The van der Waals surface area contributed by atoms with Gasteiger partial charge in [0.15, 0.2) is 5.78 Å². The molecule has 0 aromatic carbocycles. The fourth-order valence-electron chi connectivity index (χ4n) is 4.40. The fourth-order valence-corrected chi connectivity index (χ4v) is 4.90. The summed E-state index contributed by atoms with van der Waals surface area (Å²) in [7, 11) is 0. The third kappa shape index (κ3) is 4.93. The van der Waals surface area contributed by atoms with Crippen LogP contribution in [0.25, 0.3) is 11.8 Å². The van der Waals surface area contributed by atoms with E-state index in [0.29, 0.717) is 37.3 Å². The van der Waals surface area contributed by atoms with Gasteiger partial charge in [0.25, 0.3) is 0 Å². The number of ether oxygens (including phenoxy) is 2. The van der Waals surface area contributed by atoms with Crippen molar-refractivity contribution in [3.63, 3.8) is 0 Å². The van der Waals surface area contributed by atoms with E-state index >= 15 is 0 Å². The third-order valence-corrected chi connectivity index (χ3v) is 6.63. The molecule has 3 aliphatic heterocycles. The highest BCUT2D eigenvalue weighted by Crippen LogP contribution is 2.33. The molecule has 1 N–H and O–H groups in total. The lowest BCUT2D eigenvalue weighted by molar-refractivity contribution is -0.117. The van der Waals surface area contributed by atoms with Crippen molar-refractivity contribution in [3.8, 4) is 0 Å². The number of Topliss-reactive ketones (excluding diaryl/α,β-unsaturated/α-hetero) is 1. The summed E-state index contributed by atoms with van der Waals surface area (Å²) >= 11 is 3.57. The van der Waals surface area contributed by atoms with Crippen LogP contribution in [0.4, 0.5) is 4.79 Å². The summed E-state index contributed by atoms with van der Waals surface area (Å²) in [6.45, 7) is 10.4. The van der Waals surface area contributed by atoms with Crippen LogP contribution >= 0.6 is 15.9 Å². The van der Waals surface area contributed by atoms with E-state index in [0.717, 1.165) is 29.2 Å². The van der Waals surface area contributed by atoms with Crippen LogP contribution in [0.15, 0.2) is 16.4 Å². The zero-order chi connectivity index (χ0) is 23.0. The van der Waals surface area contributed by atoms with E-state index < -0.39 is 5.60 Å². The number of rotatable bonds is 2. The molecule has 1 saturated heterocycles. The predicted molar refractivity (Wildman–Crippen MR) is 125 cm³/mol. The van der Waals surface area contributed by atoms with Crippen LogP contribution in [-0.4, -0.2) is 64.8 Å². The molecule has 2 atom stereocenters. The van der Waals surface area contributed by atoms with E-state index in [2.05, 4.69) is 40.4 Å². The van der Waals surface area contributed by atoms with Gasteiger partial charge in [0, 0.05) is 30.9 Å². The Kier molecular flexibility index (Phi) is 6.49. The quantitative estimate of drug-likeness (QED) is 0.660. The lowest BCUT2D eigenvalue weighted by Crippen LogP contribution is -2.36. The van der Waals surface area contributed by atoms with Gasteiger partial charge in [0.1, 0.15) is 16.0 Å². The summed E-state index contributed by atoms with van der Waals surface area (Å²) in [6, 6.07) is 0. The number of hydrogen-bond donors (Lipinski definition) is 1. The van der Waals surface area contributed by atoms with Crippen LogP contribution in [-0.2, 0) is 20.7 Å². The first kappa shape index (κ1) is 23.0. The van der Waals surface area contributed by atoms with Crippen molar-refractivity contribution in [2.24, 2.45) is 11.8 Å². The zero-order valence-corrected chi connectivity index (χ0v) is 20.7. The molecule has 9 heteroatoms. The Morgan fingerprint density at radius 1 is 1.34 bits per heavy atom. The number of hydrogen-bond acceptors (Lipinski definition) is 6. The highest BCUT2D eigenvalue weighted by Gasteiger charge is 2.37. The predicted octanol–water partition coefficient (Wildman–Crippen LogP) is 3.47. The van der Waals surface area contributed by atoms with E-state index in [-0.39, 0.29) is 30.3 Å². The summed E-state index contributed by atoms with van der Waals surface area (Å²) in [5.74, 6) is 1.22. The summed E-state index contributed by atoms with van der Waals surface area (Å²) < 4.78 is 13.8. The van der Waals surface area contributed by atoms with E-state index in [1.165, 1.54) is 0 Å². The Morgan fingerprint density at radius 3 is 2.81 bits per heavy atom. The van der Waals surface area contributed by atoms with Crippen molar-refractivity contribution in [1.82, 2.24) is 19.8 Å². The second kappa shape index (κ2) is 9.02. The molecule has 4 heterocycles. The topological polar surface area (TPSA) is 85.7 Å². The smallest absolute Gasteiger partial charge is 0.410 e. The second-order valence-electron chi connectivity index (χ2n) is 9.72. The number of fused-ring (bicyclic) bond motifs is 1. The SMILES string of the molecule is C[C@@H]1CN(C(=O)OC(C)(C)C)C[C@H]1/C1=C/n2c(C3=CCOCC3)nc(Br)c2CC(=O)CN1. The van der Waals surface area contributed by atoms with Gasteiger partial charge in [-0.1, -0.05) is 13.0 Å². The third-order valence-electron chi connectivity index (χ3n) is 6.00. The fraction of sp³-hybridized carbons (Fsp3) is 0.609. The normalized spacial score (nSPS) is 25.8. The van der Waals surface area contributed by atoms with Crippen molar-refractivity contribution < 1.29 is 19.1 Å². The van der Waals surface area contributed by atoms with Gasteiger partial charge in [-0.05, 0) is 54.6 Å². The minimum atomic E-state index is -0.535. The van der Waals surface area contributed by atoms with Gasteiger partial charge in [-0.3, -0.25) is 4.79 Å². The summed E-state index contributed by atoms with van der Waals surface area (Å²) in [4.78, 5) is 31.8. The second-order valence-corrected chi connectivity index (χ2v) is 10.5. The Morgan fingerprint density at radius 2 is 2.12 bits per heavy atom. The van der Waals surface area contributed by atoms with E-state index in [1.807, 2.05) is 25.3 Å². The van der Waals surface area contributed by atoms with Crippen molar-refractivity contribution in [3.05, 3.63) is 27.9 Å². The standard InChI is InChI=1S/C23H31BrN4O4/c1-14-11-27(22(30)32-23(2,3)4)12-17(14)18-13-28-19(9-16(29)10-25-18)20(24)26-21(28)15-5-7-31-8-6-15/h5,13-14,17,25H,6-12H2,1-4H3/b18-13-/t14-,17-/m1/s1. The number of carbonyl (C=O) groups excluding carboxylic acids is 2. The van der Waals surface area contributed by atoms with Crippen LogP contribution in [0, 0.1) is 11.8 Å². The number of likely N-dealkylation sites (tertiary alicyclic amines) is 1. The number of carbonyl (C=O) groups is 2. The van der Waals surface area contributed by atoms with Crippen molar-refractivity contribution in [2.45, 2.75) is 46.1 Å². The van der Waals surface area contributed by atoms with Crippen LogP contribution < -0.4 is 5.32 Å². The number of aromatic nitrogens is 2. The number of nitrogens with one attached hydrogen (secondary N) is 1. The van der Waals surface area contributed by atoms with Crippen LogP contribution in [0.1, 0.15) is 45.6 Å². The minimum Gasteiger partial charge on any atom is -0.444 e. The van der Waals surface area contributed by atoms with Gasteiger partial charge in [-0.25, -0.2) is 9.78 Å². The Balaban J connectivity index is 1.67. The summed E-state index contributed by atoms with van der Waals surface area (Å²) in [5.41, 5.74) is 2.37. The van der Waals surface area contributed by atoms with Gasteiger partial charge in [0.2, 0.25) is 0 Å². The number of imidazole rings is 1. The lowest BCUT2D eigenvalue weighted by Gasteiger charge is -2.25. The molecule has 0 bridgehead atoms. The van der Waals surface area contributed by atoms with E-state index in [1.54, 1.807) is 4.90 Å². The first-order chi connectivity index (χ1) is 15.1. The maximum atomic E-state index is 12.6. The molecule has 1 amide bonds. The number of amides is 1. The average molecular weight is 507 g/mol. The molecule has 0 unspecified atom stereocenters. The van der Waals surface area contributed by atoms with E-state index in [4.69, 9.17) is 14.5 Å². The molecule has 0 aliphatic carbocycles. The molecule has 4 rings (SSSR count). The molecule has 1 aromatic rings. The number of halogens is 1. The van der Waals surface area contributed by atoms with E-state index in [9.17, 15) is 9.59 Å². The molecule has 0 radical (unpaired) electrons. The summed E-state index contributed by atoms with van der Waals surface area (Å²) in [6.07, 6.45) is 4.90. The summed E-state index contributed by atoms with van der Waals surface area (Å²) in [5, 5.41) is 3.36. The Bertz CT molecular complexity index is 975. The monoisotopic (exact) mass is 506 g/mol. The molecular weight excluding hydrogens is 476 g/mol. The lowest BCUT2D eigenvalue weighted by atomic mass is 9.94. The molecule has 0 spiro atoms. The molecular formula is C23H31BrN4O4. The maximum absolute atomic E-state index is 12.6. The zero-order valence-electron chi connectivity index (χ0n) is 19.1. The molecule has 32 heavy (non-hydrogen) atoms. The molecule has 1 aromatic heterocycles. The highest BCUT2D eigenvalue weighted by molar-refractivity contribution is 9.10. The molecule has 8 nitrogen and oxygen atoms in total. The Hall–Kier alpha value is -2.13. The van der Waals surface area contributed by atoms with Crippen LogP contribution in [0.3, 0.4) is 0 Å². The molecule has 174 valence electrons. The average Bonchev–Trinajstić information content (AvgIpc) is 3.23. The van der Waals surface area contributed by atoms with Crippen molar-refractivity contribution >= 4 is 39.6 Å². The van der Waals surface area contributed by atoms with Crippen molar-refractivity contribution in [1.29, 1.82) is 0 Å². The molecule has 3 aliphatic rings. The first-order valence-corrected chi connectivity index (χ1v) is 11.9. The van der Waals surface area contributed by atoms with Gasteiger partial charge in [0.05, 0.1) is 31.9 Å². The van der Waals surface area contributed by atoms with Gasteiger partial charge >= 0.3 is 6.09 Å². The van der Waals surface area contributed by atoms with Crippen LogP contribution in [0.2, 0.25) is 0 Å². The number of ketones is 1. The van der Waals surface area contributed by atoms with Crippen molar-refractivity contribution in [2.75, 3.05) is 32.8 Å². The minimum absolute atomic E-state index is 0.0685. The largest absolute Gasteiger partial charge is 0.444 e. The van der Waals surface area contributed by atoms with Gasteiger partial charge in [-0.2, -0.15) is 0 Å². The molecule has 0 saturated carbocycles. The molecule has 1 fully saturated rings. The number of nitrogens with zero attached hydrogens (tertiary/aromatic N) is 3. The maximum Gasteiger partial charge on any atom is 0.410 e. The first-order valence-electron chi connectivity index (χ1n) is 11.1. The van der Waals surface area contributed by atoms with Crippen LogP contribution in [0.5, 0.6) is 0 Å². The Labute approximate surface area is 197 Å².